The molecule has 0 bridgehead atoms. The van der Waals surface area contributed by atoms with Crippen LogP contribution in [0.4, 0.5) is 10.5 Å². The maximum atomic E-state index is 12.7. The molecule has 6 nitrogen and oxygen atoms in total. The van der Waals surface area contributed by atoms with Crippen LogP contribution in [-0.4, -0.2) is 28.8 Å². The molecule has 1 fully saturated rings. The predicted molar refractivity (Wildman–Crippen MR) is 99.2 cm³/mol. The van der Waals surface area contributed by atoms with Gasteiger partial charge in [0.15, 0.2) is 6.61 Å². The van der Waals surface area contributed by atoms with E-state index in [9.17, 15) is 14.4 Å². The zero-order chi connectivity index (χ0) is 18.7. The van der Waals surface area contributed by atoms with Crippen LogP contribution in [0.3, 0.4) is 0 Å². The quantitative estimate of drug-likeness (QED) is 0.809. The van der Waals surface area contributed by atoms with Crippen LogP contribution < -0.4 is 9.64 Å². The molecule has 1 heterocycles. The third-order valence-corrected chi connectivity index (χ3v) is 4.48. The molecule has 1 N–H and O–H groups in total. The minimum absolute atomic E-state index is 0.253. The van der Waals surface area contributed by atoms with Crippen LogP contribution in [0.5, 0.6) is 5.75 Å². The third kappa shape index (κ3) is 3.78. The maximum Gasteiger partial charge on any atom is 0.341 e. The highest BCUT2D eigenvalue weighted by Gasteiger charge is 2.36. The molecule has 3 rings (SSSR count). The summed E-state index contributed by atoms with van der Waals surface area (Å²) in [5.74, 6) is -1.18. The normalized spacial score (nSPS) is 15.6. The average Bonchev–Trinajstić information content (AvgIpc) is 2.87. The maximum absolute atomic E-state index is 12.7. The highest BCUT2D eigenvalue weighted by Crippen LogP contribution is 2.37. The fourth-order valence-electron chi connectivity index (χ4n) is 2.47. The minimum Gasteiger partial charge on any atom is -0.481 e. The summed E-state index contributed by atoms with van der Waals surface area (Å²) in [6.45, 7) is 1.39. The summed E-state index contributed by atoms with van der Waals surface area (Å²) in [6, 6.07) is 13.9. The van der Waals surface area contributed by atoms with Gasteiger partial charge in [-0.1, -0.05) is 30.3 Å². The second kappa shape index (κ2) is 7.45. The number of carboxylic acid groups (broad SMARTS) is 1. The number of anilines is 1. The lowest BCUT2D eigenvalue weighted by Crippen LogP contribution is -2.27. The summed E-state index contributed by atoms with van der Waals surface area (Å²) >= 11 is 0.837. The Morgan fingerprint density at radius 1 is 1.19 bits per heavy atom. The summed E-state index contributed by atoms with van der Waals surface area (Å²) in [5.41, 5.74) is 1.99. The number of amides is 2. The summed E-state index contributed by atoms with van der Waals surface area (Å²) in [6.07, 6.45) is 1.54. The van der Waals surface area contributed by atoms with Crippen molar-refractivity contribution in [3.05, 3.63) is 64.6 Å². The van der Waals surface area contributed by atoms with E-state index in [2.05, 4.69) is 0 Å². The lowest BCUT2D eigenvalue weighted by Gasteiger charge is -2.12. The van der Waals surface area contributed by atoms with Crippen LogP contribution in [0.1, 0.15) is 11.1 Å². The van der Waals surface area contributed by atoms with E-state index in [-0.39, 0.29) is 10.1 Å². The molecule has 7 heteroatoms. The van der Waals surface area contributed by atoms with E-state index in [0.717, 1.165) is 22.2 Å². The lowest BCUT2D eigenvalue weighted by molar-refractivity contribution is -0.139. The van der Waals surface area contributed by atoms with E-state index in [1.54, 1.807) is 42.5 Å². The van der Waals surface area contributed by atoms with Crippen molar-refractivity contribution in [1.82, 2.24) is 0 Å². The number of ether oxygens (including phenoxy) is 1. The summed E-state index contributed by atoms with van der Waals surface area (Å²) in [5, 5.41) is 8.38. The SMILES string of the molecule is Cc1cccc(N2C(=O)S/C(=C/c3ccccc3OCC(=O)O)C2=O)c1. The van der Waals surface area contributed by atoms with Gasteiger partial charge in [-0.05, 0) is 48.5 Å². The van der Waals surface area contributed by atoms with E-state index in [1.807, 2.05) is 13.0 Å². The summed E-state index contributed by atoms with van der Waals surface area (Å²) in [7, 11) is 0. The highest BCUT2D eigenvalue weighted by atomic mass is 32.2. The number of thioether (sulfide) groups is 1. The molecule has 0 saturated carbocycles. The zero-order valence-corrected chi connectivity index (χ0v) is 14.7. The Morgan fingerprint density at radius 3 is 2.69 bits per heavy atom. The molecule has 26 heavy (non-hydrogen) atoms. The number of carboxylic acids is 1. The Morgan fingerprint density at radius 2 is 1.96 bits per heavy atom. The number of aliphatic carboxylic acids is 1. The molecule has 0 radical (unpaired) electrons. The molecule has 1 aliphatic rings. The van der Waals surface area contributed by atoms with Crippen molar-refractivity contribution in [2.45, 2.75) is 6.92 Å². The van der Waals surface area contributed by atoms with E-state index < -0.39 is 18.5 Å². The molecule has 0 unspecified atom stereocenters. The fraction of sp³-hybridized carbons (Fsp3) is 0.105. The summed E-state index contributed by atoms with van der Waals surface area (Å²) in [4.78, 5) is 37.1. The predicted octanol–water partition coefficient (Wildman–Crippen LogP) is 3.70. The van der Waals surface area contributed by atoms with Gasteiger partial charge in [-0.15, -0.1) is 0 Å². The molecule has 132 valence electrons. The van der Waals surface area contributed by atoms with Crippen LogP contribution >= 0.6 is 11.8 Å². The van der Waals surface area contributed by atoms with Gasteiger partial charge in [0.2, 0.25) is 0 Å². The Bertz CT molecular complexity index is 922. The van der Waals surface area contributed by atoms with E-state index in [0.29, 0.717) is 17.0 Å². The largest absolute Gasteiger partial charge is 0.481 e. The first kappa shape index (κ1) is 17.8. The van der Waals surface area contributed by atoms with Gasteiger partial charge < -0.3 is 9.84 Å². The first-order valence-corrected chi connectivity index (χ1v) is 8.55. The van der Waals surface area contributed by atoms with E-state index in [1.165, 1.54) is 6.08 Å². The number of rotatable bonds is 5. The first-order valence-electron chi connectivity index (χ1n) is 7.74. The van der Waals surface area contributed by atoms with Gasteiger partial charge in [-0.3, -0.25) is 9.59 Å². The topological polar surface area (TPSA) is 83.9 Å². The van der Waals surface area contributed by atoms with E-state index in [4.69, 9.17) is 9.84 Å². The second-order valence-electron chi connectivity index (χ2n) is 5.58. The van der Waals surface area contributed by atoms with Gasteiger partial charge >= 0.3 is 5.97 Å². The van der Waals surface area contributed by atoms with Crippen molar-refractivity contribution >= 4 is 40.6 Å². The lowest BCUT2D eigenvalue weighted by atomic mass is 10.1. The van der Waals surface area contributed by atoms with Gasteiger partial charge in [-0.25, -0.2) is 9.69 Å². The van der Waals surface area contributed by atoms with E-state index >= 15 is 0 Å². The third-order valence-electron chi connectivity index (χ3n) is 3.61. The molecule has 2 amide bonds. The molecule has 0 atom stereocenters. The molecular formula is C19H15NO5S. The number of hydrogen-bond donors (Lipinski definition) is 1. The fourth-order valence-corrected chi connectivity index (χ4v) is 3.30. The number of carbonyl (C=O) groups is 3. The van der Waals surface area contributed by atoms with Crippen molar-refractivity contribution < 1.29 is 24.2 Å². The number of imide groups is 1. The summed E-state index contributed by atoms with van der Waals surface area (Å²) < 4.78 is 5.23. The number of para-hydroxylation sites is 1. The van der Waals surface area contributed by atoms with Crippen molar-refractivity contribution in [3.63, 3.8) is 0 Å². The number of nitrogens with zero attached hydrogens (tertiary/aromatic N) is 1. The van der Waals surface area contributed by atoms with Crippen LogP contribution in [-0.2, 0) is 9.59 Å². The van der Waals surface area contributed by atoms with Crippen molar-refractivity contribution in [1.29, 1.82) is 0 Å². The van der Waals surface area contributed by atoms with Crippen molar-refractivity contribution in [2.24, 2.45) is 0 Å². The van der Waals surface area contributed by atoms with Gasteiger partial charge in [0.25, 0.3) is 11.1 Å². The standard InChI is InChI=1S/C19H15NO5S/c1-12-5-4-7-14(9-12)20-18(23)16(26-19(20)24)10-13-6-2-3-8-15(13)25-11-17(21)22/h2-10H,11H2,1H3,(H,21,22)/b16-10+. The van der Waals surface area contributed by atoms with Gasteiger partial charge in [0.1, 0.15) is 5.75 Å². The molecule has 2 aromatic rings. The monoisotopic (exact) mass is 369 g/mol. The number of hydrogen-bond acceptors (Lipinski definition) is 5. The van der Waals surface area contributed by atoms with Crippen LogP contribution in [0.2, 0.25) is 0 Å². The molecule has 1 saturated heterocycles. The molecule has 0 spiro atoms. The molecule has 2 aromatic carbocycles. The van der Waals surface area contributed by atoms with Crippen LogP contribution in [0.25, 0.3) is 6.08 Å². The molecule has 0 aromatic heterocycles. The van der Waals surface area contributed by atoms with Gasteiger partial charge in [0.05, 0.1) is 10.6 Å². The molecular weight excluding hydrogens is 354 g/mol. The minimum atomic E-state index is -1.10. The number of aryl methyl sites for hydroxylation is 1. The number of benzene rings is 2. The molecule has 0 aliphatic carbocycles. The van der Waals surface area contributed by atoms with Crippen LogP contribution in [0, 0.1) is 6.92 Å². The smallest absolute Gasteiger partial charge is 0.341 e. The van der Waals surface area contributed by atoms with Gasteiger partial charge in [-0.2, -0.15) is 0 Å². The van der Waals surface area contributed by atoms with Crippen molar-refractivity contribution in [3.8, 4) is 5.75 Å². The molecule has 1 aliphatic heterocycles. The van der Waals surface area contributed by atoms with Gasteiger partial charge in [0, 0.05) is 5.56 Å². The Labute approximate surface area is 154 Å². The second-order valence-corrected chi connectivity index (χ2v) is 6.57. The first-order chi connectivity index (χ1) is 12.5. The highest BCUT2D eigenvalue weighted by molar-refractivity contribution is 8.19. The van der Waals surface area contributed by atoms with Crippen LogP contribution in [0.15, 0.2) is 53.4 Å². The Balaban J connectivity index is 1.90. The zero-order valence-electron chi connectivity index (χ0n) is 13.8. The Kier molecular flexibility index (Phi) is 5.09. The average molecular weight is 369 g/mol. The number of carbonyl (C=O) groups excluding carboxylic acids is 2. The Hall–Kier alpha value is -3.06. The van der Waals surface area contributed by atoms with Crippen molar-refractivity contribution in [2.75, 3.05) is 11.5 Å².